The summed E-state index contributed by atoms with van der Waals surface area (Å²) in [6.45, 7) is 2.48. The average Bonchev–Trinajstić information content (AvgIpc) is 2.83. The van der Waals surface area contributed by atoms with Gasteiger partial charge in [0.2, 0.25) is 0 Å². The van der Waals surface area contributed by atoms with Crippen LogP contribution in [0.5, 0.6) is 5.75 Å². The van der Waals surface area contributed by atoms with Crippen molar-refractivity contribution in [2.45, 2.75) is 13.5 Å². The number of rotatable bonds is 4. The molecule has 2 heterocycles. The molecule has 1 aromatic carbocycles. The average molecular weight is 321 g/mol. The minimum absolute atomic E-state index is 0. The predicted octanol–water partition coefficient (Wildman–Crippen LogP) is -0.389. The number of aromatic nitrogens is 3. The fourth-order valence-corrected chi connectivity index (χ4v) is 2.48. The molecule has 0 atom stereocenters. The van der Waals surface area contributed by atoms with Crippen molar-refractivity contribution in [1.82, 2.24) is 14.5 Å². The van der Waals surface area contributed by atoms with Gasteiger partial charge in [-0.2, -0.15) is 0 Å². The van der Waals surface area contributed by atoms with Gasteiger partial charge in [0.05, 0.1) is 30.9 Å². The molecule has 0 saturated heterocycles. The van der Waals surface area contributed by atoms with Gasteiger partial charge >= 0.3 is 35.5 Å². The summed E-state index contributed by atoms with van der Waals surface area (Å²) in [5.41, 5.74) is 2.92. The Labute approximate surface area is 156 Å². The second-order valence-corrected chi connectivity index (χ2v) is 4.94. The van der Waals surface area contributed by atoms with Gasteiger partial charge in [-0.25, -0.2) is 9.78 Å². The number of nitrogens with zero attached hydrogens (tertiary/aromatic N) is 3. The first kappa shape index (κ1) is 17.5. The standard InChI is InChI=1S/C16H15N3O3.Na.H/c1-10-18-13-8-17-6-5-14(13)19(10)9-12-4-3-11(16(20)21)7-15(12)22-2;;/h3-8H,9H2,1-2H3,(H,20,21);;/q;+1;-1. The number of benzene rings is 1. The number of carbonyl (C=O) groups is 1. The second kappa shape index (κ2) is 7.12. The van der Waals surface area contributed by atoms with E-state index in [-0.39, 0.29) is 36.5 Å². The molecule has 7 heteroatoms. The quantitative estimate of drug-likeness (QED) is 0.663. The smallest absolute Gasteiger partial charge is 1.00 e. The molecule has 0 unspecified atom stereocenters. The van der Waals surface area contributed by atoms with Gasteiger partial charge in [0.25, 0.3) is 0 Å². The van der Waals surface area contributed by atoms with Gasteiger partial charge in [0.1, 0.15) is 17.1 Å². The molecule has 0 spiro atoms. The van der Waals surface area contributed by atoms with E-state index in [1.54, 1.807) is 24.5 Å². The van der Waals surface area contributed by atoms with E-state index < -0.39 is 5.97 Å². The zero-order valence-electron chi connectivity index (χ0n) is 14.3. The molecule has 114 valence electrons. The summed E-state index contributed by atoms with van der Waals surface area (Å²) in [6, 6.07) is 6.80. The summed E-state index contributed by atoms with van der Waals surface area (Å²) in [7, 11) is 1.53. The van der Waals surface area contributed by atoms with Crippen molar-refractivity contribution in [2.24, 2.45) is 0 Å². The van der Waals surface area contributed by atoms with Crippen LogP contribution in [0.4, 0.5) is 0 Å². The molecular weight excluding hydrogens is 305 g/mol. The number of fused-ring (bicyclic) bond motifs is 1. The van der Waals surface area contributed by atoms with Crippen LogP contribution in [0.2, 0.25) is 0 Å². The Morgan fingerprint density at radius 1 is 1.39 bits per heavy atom. The third-order valence-corrected chi connectivity index (χ3v) is 3.60. The van der Waals surface area contributed by atoms with Gasteiger partial charge in [-0.1, -0.05) is 6.07 Å². The molecule has 0 aliphatic heterocycles. The monoisotopic (exact) mass is 321 g/mol. The third kappa shape index (κ3) is 3.39. The minimum Gasteiger partial charge on any atom is -1.00 e. The van der Waals surface area contributed by atoms with Crippen LogP contribution in [0.1, 0.15) is 23.2 Å². The van der Waals surface area contributed by atoms with Crippen molar-refractivity contribution in [1.29, 1.82) is 0 Å². The van der Waals surface area contributed by atoms with Crippen LogP contribution in [0, 0.1) is 6.92 Å². The predicted molar refractivity (Wildman–Crippen MR) is 82.4 cm³/mol. The van der Waals surface area contributed by atoms with E-state index in [9.17, 15) is 4.79 Å². The molecule has 0 aliphatic rings. The molecule has 0 bridgehead atoms. The van der Waals surface area contributed by atoms with Crippen LogP contribution in [0.15, 0.2) is 36.7 Å². The molecule has 23 heavy (non-hydrogen) atoms. The van der Waals surface area contributed by atoms with Crippen LogP contribution in [0.25, 0.3) is 11.0 Å². The number of pyridine rings is 1. The Morgan fingerprint density at radius 2 is 2.17 bits per heavy atom. The van der Waals surface area contributed by atoms with Crippen molar-refractivity contribution in [2.75, 3.05) is 7.11 Å². The molecule has 0 aliphatic carbocycles. The topological polar surface area (TPSA) is 77.2 Å². The van der Waals surface area contributed by atoms with Crippen LogP contribution in [-0.2, 0) is 6.54 Å². The fourth-order valence-electron chi connectivity index (χ4n) is 2.48. The van der Waals surface area contributed by atoms with Crippen LogP contribution < -0.4 is 34.3 Å². The summed E-state index contributed by atoms with van der Waals surface area (Å²) in [5, 5.41) is 9.06. The molecule has 0 radical (unpaired) electrons. The van der Waals surface area contributed by atoms with Gasteiger partial charge in [-0.05, 0) is 25.1 Å². The van der Waals surface area contributed by atoms with E-state index in [0.29, 0.717) is 12.3 Å². The van der Waals surface area contributed by atoms with Crippen LogP contribution in [-0.4, -0.2) is 32.7 Å². The summed E-state index contributed by atoms with van der Waals surface area (Å²) < 4.78 is 7.38. The number of imidazole rings is 1. The summed E-state index contributed by atoms with van der Waals surface area (Å²) >= 11 is 0. The van der Waals surface area contributed by atoms with E-state index in [1.165, 1.54) is 13.2 Å². The molecule has 1 N–H and O–H groups in total. The SMILES string of the molecule is COc1cc(C(=O)O)ccc1Cn1c(C)nc2cnccc21.[H-].[Na+]. The number of aromatic carboxylic acids is 1. The Kier molecular flexibility index (Phi) is 5.41. The third-order valence-electron chi connectivity index (χ3n) is 3.60. The molecule has 3 aromatic rings. The first-order valence-electron chi connectivity index (χ1n) is 6.77. The largest absolute Gasteiger partial charge is 1.00 e. The molecule has 0 fully saturated rings. The van der Waals surface area contributed by atoms with Crippen molar-refractivity contribution in [3.05, 3.63) is 53.6 Å². The van der Waals surface area contributed by atoms with Crippen molar-refractivity contribution in [3.8, 4) is 5.75 Å². The van der Waals surface area contributed by atoms with Gasteiger partial charge in [-0.15, -0.1) is 0 Å². The van der Waals surface area contributed by atoms with Crippen LogP contribution in [0.3, 0.4) is 0 Å². The minimum atomic E-state index is -0.972. The molecular formula is C16H16N3NaO3. The van der Waals surface area contributed by atoms with Gasteiger partial charge in [0, 0.05) is 11.8 Å². The molecule has 0 amide bonds. The number of aryl methyl sites for hydroxylation is 1. The number of carboxylic acids is 1. The Balaban J connectivity index is 0.00000144. The zero-order valence-corrected chi connectivity index (χ0v) is 15.3. The number of methoxy groups -OCH3 is 1. The van der Waals surface area contributed by atoms with E-state index in [0.717, 1.165) is 22.4 Å². The first-order valence-corrected chi connectivity index (χ1v) is 6.77. The van der Waals surface area contributed by atoms with E-state index in [1.807, 2.05) is 13.0 Å². The second-order valence-electron chi connectivity index (χ2n) is 4.94. The summed E-state index contributed by atoms with van der Waals surface area (Å²) in [5.74, 6) is 0.447. The van der Waals surface area contributed by atoms with E-state index in [4.69, 9.17) is 9.84 Å². The number of carboxylic acid groups (broad SMARTS) is 1. The summed E-state index contributed by atoms with van der Waals surface area (Å²) in [6.07, 6.45) is 3.45. The molecule has 0 saturated carbocycles. The number of hydrogen-bond acceptors (Lipinski definition) is 4. The van der Waals surface area contributed by atoms with E-state index >= 15 is 0 Å². The fraction of sp³-hybridized carbons (Fsp3) is 0.188. The maximum atomic E-state index is 11.0. The maximum absolute atomic E-state index is 11.0. The van der Waals surface area contributed by atoms with Crippen molar-refractivity contribution < 1.29 is 45.6 Å². The maximum Gasteiger partial charge on any atom is 1.00 e. The van der Waals surface area contributed by atoms with Crippen LogP contribution >= 0.6 is 0 Å². The normalized spacial score (nSPS) is 10.3. The van der Waals surface area contributed by atoms with Crippen molar-refractivity contribution >= 4 is 17.0 Å². The Hall–Kier alpha value is -1.89. The Bertz CT molecular complexity index is 867. The molecule has 6 nitrogen and oxygen atoms in total. The van der Waals surface area contributed by atoms with E-state index in [2.05, 4.69) is 14.5 Å². The zero-order chi connectivity index (χ0) is 15.7. The number of ether oxygens (including phenoxy) is 1. The first-order chi connectivity index (χ1) is 10.6. The number of hydrogen-bond donors (Lipinski definition) is 1. The molecule has 3 rings (SSSR count). The van der Waals surface area contributed by atoms with Crippen molar-refractivity contribution in [3.63, 3.8) is 0 Å². The molecule has 2 aromatic heterocycles. The summed E-state index contributed by atoms with van der Waals surface area (Å²) in [4.78, 5) is 19.6. The Morgan fingerprint density at radius 3 is 2.87 bits per heavy atom. The van der Waals surface area contributed by atoms with Gasteiger partial charge in [0.15, 0.2) is 0 Å². The van der Waals surface area contributed by atoms with Gasteiger partial charge < -0.3 is 15.8 Å². The van der Waals surface area contributed by atoms with Gasteiger partial charge in [-0.3, -0.25) is 4.98 Å².